The van der Waals surface area contributed by atoms with Crippen molar-refractivity contribution in [2.75, 3.05) is 5.32 Å². The molecular weight excluding hydrogens is 403 g/mol. The van der Waals surface area contributed by atoms with Gasteiger partial charge in [-0.3, -0.25) is 9.89 Å². The van der Waals surface area contributed by atoms with Crippen molar-refractivity contribution in [3.05, 3.63) is 56.0 Å². The number of nitriles is 1. The van der Waals surface area contributed by atoms with E-state index in [1.54, 1.807) is 24.3 Å². The number of rotatable bonds is 3. The monoisotopic (exact) mass is 416 g/mol. The Hall–Kier alpha value is -2.33. The van der Waals surface area contributed by atoms with Gasteiger partial charge in [-0.15, -0.1) is 11.3 Å². The Kier molecular flexibility index (Phi) is 4.92. The maximum Gasteiger partial charge on any atom is 0.274 e. The van der Waals surface area contributed by atoms with Crippen molar-refractivity contribution in [1.29, 1.82) is 5.26 Å². The zero-order valence-corrected chi connectivity index (χ0v) is 16.4. The molecule has 4 rings (SSSR count). The summed E-state index contributed by atoms with van der Waals surface area (Å²) in [5.41, 5.74) is 3.20. The minimum absolute atomic E-state index is 0.297. The predicted octanol–water partition coefficient (Wildman–Crippen LogP) is 5.45. The van der Waals surface area contributed by atoms with E-state index in [0.29, 0.717) is 37.6 Å². The molecule has 3 aromatic rings. The predicted molar refractivity (Wildman–Crippen MR) is 108 cm³/mol. The molecule has 0 bridgehead atoms. The summed E-state index contributed by atoms with van der Waals surface area (Å²) in [5, 5.41) is 20.9. The summed E-state index contributed by atoms with van der Waals surface area (Å²) in [6.07, 6.45) is 4.07. The van der Waals surface area contributed by atoms with Crippen molar-refractivity contribution in [3.63, 3.8) is 0 Å². The Morgan fingerprint density at radius 2 is 2.07 bits per heavy atom. The van der Waals surface area contributed by atoms with E-state index in [-0.39, 0.29) is 5.91 Å². The van der Waals surface area contributed by atoms with Gasteiger partial charge in [0.2, 0.25) is 0 Å². The van der Waals surface area contributed by atoms with Crippen molar-refractivity contribution in [1.82, 2.24) is 10.2 Å². The number of aromatic amines is 1. The summed E-state index contributed by atoms with van der Waals surface area (Å²) in [5.74, 6) is -0.339. The van der Waals surface area contributed by atoms with Crippen LogP contribution in [-0.2, 0) is 12.8 Å². The number of benzene rings is 1. The number of hydrogen-bond donors (Lipinski definition) is 2. The molecule has 5 nitrogen and oxygen atoms in total. The van der Waals surface area contributed by atoms with Crippen molar-refractivity contribution in [2.24, 2.45) is 0 Å². The van der Waals surface area contributed by atoms with Crippen LogP contribution >= 0.6 is 34.5 Å². The van der Waals surface area contributed by atoms with Crippen molar-refractivity contribution < 1.29 is 4.79 Å². The molecular formula is C19H14Cl2N4OS. The van der Waals surface area contributed by atoms with Gasteiger partial charge >= 0.3 is 0 Å². The highest BCUT2D eigenvalue weighted by atomic mass is 35.5. The van der Waals surface area contributed by atoms with Crippen molar-refractivity contribution in [3.8, 4) is 17.3 Å². The largest absolute Gasteiger partial charge is 0.311 e. The van der Waals surface area contributed by atoms with Gasteiger partial charge in [0.25, 0.3) is 5.91 Å². The number of anilines is 1. The number of carbonyl (C=O) groups excluding carboxylic acids is 1. The SMILES string of the molecule is N#Cc1c(NC(=O)c2cc(-c3ccc(Cl)cc3Cl)n[nH]2)sc2c1CCCC2. The van der Waals surface area contributed by atoms with Gasteiger partial charge in [0.15, 0.2) is 0 Å². The van der Waals surface area contributed by atoms with E-state index >= 15 is 0 Å². The topological polar surface area (TPSA) is 81.6 Å². The first-order chi connectivity index (χ1) is 13.1. The van der Waals surface area contributed by atoms with Crippen LogP contribution in [0.1, 0.15) is 39.3 Å². The summed E-state index contributed by atoms with van der Waals surface area (Å²) < 4.78 is 0. The zero-order valence-electron chi connectivity index (χ0n) is 14.1. The Balaban J connectivity index is 1.59. The fraction of sp³-hybridized carbons (Fsp3) is 0.211. The van der Waals surface area contributed by atoms with Gasteiger partial charge in [-0.1, -0.05) is 23.2 Å². The second-order valence-corrected chi connectivity index (χ2v) is 8.22. The Morgan fingerprint density at radius 3 is 2.85 bits per heavy atom. The van der Waals surface area contributed by atoms with Gasteiger partial charge in [-0.05, 0) is 55.5 Å². The van der Waals surface area contributed by atoms with Crippen LogP contribution in [0.4, 0.5) is 5.00 Å². The third-order valence-corrected chi connectivity index (χ3v) is 6.29. The number of aromatic nitrogens is 2. The molecule has 0 saturated heterocycles. The average Bonchev–Trinajstić information content (AvgIpc) is 3.26. The van der Waals surface area contributed by atoms with Gasteiger partial charge < -0.3 is 5.32 Å². The molecule has 0 fully saturated rings. The van der Waals surface area contributed by atoms with Gasteiger partial charge in [0.1, 0.15) is 16.8 Å². The smallest absolute Gasteiger partial charge is 0.274 e. The lowest BCUT2D eigenvalue weighted by atomic mass is 9.96. The van der Waals surface area contributed by atoms with E-state index in [2.05, 4.69) is 21.6 Å². The quantitative estimate of drug-likeness (QED) is 0.595. The molecule has 0 saturated carbocycles. The number of fused-ring (bicyclic) bond motifs is 1. The molecule has 2 heterocycles. The molecule has 0 atom stereocenters. The second-order valence-electron chi connectivity index (χ2n) is 6.27. The van der Waals surface area contributed by atoms with E-state index in [1.165, 1.54) is 16.2 Å². The number of hydrogen-bond acceptors (Lipinski definition) is 4. The van der Waals surface area contributed by atoms with Gasteiger partial charge in [0.05, 0.1) is 16.3 Å². The highest BCUT2D eigenvalue weighted by Crippen LogP contribution is 2.38. The van der Waals surface area contributed by atoms with E-state index in [9.17, 15) is 10.1 Å². The fourth-order valence-electron chi connectivity index (χ4n) is 3.22. The van der Waals surface area contributed by atoms with Gasteiger partial charge in [0, 0.05) is 15.5 Å². The van der Waals surface area contributed by atoms with Crippen LogP contribution in [0.15, 0.2) is 24.3 Å². The third-order valence-electron chi connectivity index (χ3n) is 4.54. The molecule has 1 aliphatic rings. The summed E-state index contributed by atoms with van der Waals surface area (Å²) in [7, 11) is 0. The lowest BCUT2D eigenvalue weighted by Crippen LogP contribution is -2.12. The van der Waals surface area contributed by atoms with Crippen molar-refractivity contribution in [2.45, 2.75) is 25.7 Å². The lowest BCUT2D eigenvalue weighted by Gasteiger charge is -2.09. The second kappa shape index (κ2) is 7.35. The zero-order chi connectivity index (χ0) is 19.0. The molecule has 2 aromatic heterocycles. The van der Waals surface area contributed by atoms with Crippen LogP contribution in [-0.4, -0.2) is 16.1 Å². The van der Waals surface area contributed by atoms with Crippen LogP contribution in [0, 0.1) is 11.3 Å². The molecule has 0 aliphatic heterocycles. The Labute approximate surface area is 169 Å². The number of nitrogens with one attached hydrogen (secondary N) is 2. The van der Waals surface area contributed by atoms with Crippen LogP contribution in [0.2, 0.25) is 10.0 Å². The maximum absolute atomic E-state index is 12.6. The molecule has 0 radical (unpaired) electrons. The average molecular weight is 417 g/mol. The highest BCUT2D eigenvalue weighted by molar-refractivity contribution is 7.16. The normalized spacial score (nSPS) is 13.1. The van der Waals surface area contributed by atoms with Crippen LogP contribution < -0.4 is 5.32 Å². The molecule has 0 spiro atoms. The summed E-state index contributed by atoms with van der Waals surface area (Å²) in [6.45, 7) is 0. The number of amides is 1. The summed E-state index contributed by atoms with van der Waals surface area (Å²) in [6, 6.07) is 8.97. The summed E-state index contributed by atoms with van der Waals surface area (Å²) >= 11 is 13.6. The third kappa shape index (κ3) is 3.46. The standard InChI is InChI=1S/C19H14Cl2N4OS/c20-10-5-6-12(14(21)7-10)15-8-16(25-24-15)18(26)23-19-13(9-22)11-3-1-2-4-17(11)27-19/h5-8H,1-4H2,(H,23,26)(H,24,25). The van der Waals surface area contributed by atoms with Crippen LogP contribution in [0.5, 0.6) is 0 Å². The van der Waals surface area contributed by atoms with E-state index in [1.807, 2.05) is 0 Å². The first-order valence-corrected chi connectivity index (χ1v) is 10.0. The first kappa shape index (κ1) is 18.1. The number of thiophene rings is 1. The molecule has 136 valence electrons. The van der Waals surface area contributed by atoms with E-state index in [4.69, 9.17) is 23.2 Å². The van der Waals surface area contributed by atoms with Crippen LogP contribution in [0.3, 0.4) is 0 Å². The number of H-pyrrole nitrogens is 1. The number of aryl methyl sites for hydroxylation is 1. The molecule has 27 heavy (non-hydrogen) atoms. The Bertz CT molecular complexity index is 1080. The molecule has 0 unspecified atom stereocenters. The molecule has 2 N–H and O–H groups in total. The summed E-state index contributed by atoms with van der Waals surface area (Å²) in [4.78, 5) is 13.8. The van der Waals surface area contributed by atoms with E-state index in [0.717, 1.165) is 31.2 Å². The molecule has 1 aliphatic carbocycles. The van der Waals surface area contributed by atoms with Crippen LogP contribution in [0.25, 0.3) is 11.3 Å². The fourth-order valence-corrected chi connectivity index (χ4v) is 4.96. The number of carbonyl (C=O) groups is 1. The molecule has 1 aromatic carbocycles. The Morgan fingerprint density at radius 1 is 1.26 bits per heavy atom. The molecule has 8 heteroatoms. The molecule has 1 amide bonds. The lowest BCUT2D eigenvalue weighted by molar-refractivity contribution is 0.102. The maximum atomic E-state index is 12.6. The van der Waals surface area contributed by atoms with Crippen molar-refractivity contribution >= 4 is 45.4 Å². The van der Waals surface area contributed by atoms with Gasteiger partial charge in [-0.2, -0.15) is 10.4 Å². The number of nitrogens with zero attached hydrogens (tertiary/aromatic N) is 2. The van der Waals surface area contributed by atoms with Gasteiger partial charge in [-0.25, -0.2) is 0 Å². The first-order valence-electron chi connectivity index (χ1n) is 8.43. The minimum Gasteiger partial charge on any atom is -0.311 e. The van der Waals surface area contributed by atoms with E-state index < -0.39 is 0 Å². The number of halogens is 2. The minimum atomic E-state index is -0.339. The highest BCUT2D eigenvalue weighted by Gasteiger charge is 2.23.